The quantitative estimate of drug-likeness (QED) is 0.642. The second-order valence-corrected chi connectivity index (χ2v) is 3.03. The van der Waals surface area contributed by atoms with E-state index in [1.165, 1.54) is 0 Å². The van der Waals surface area contributed by atoms with Crippen LogP contribution in [0.5, 0.6) is 0 Å². The minimum atomic E-state index is 0.402. The molecule has 0 saturated carbocycles. The normalized spacial score (nSPS) is 10.9. The fraction of sp³-hybridized carbons (Fsp3) is 0.778. The molecule has 1 aromatic heterocycles. The molecule has 0 radical (unpaired) electrons. The molecular formula is C9H18N4O2. The number of nitrogens with zero attached hydrogens (tertiary/aromatic N) is 3. The van der Waals surface area contributed by atoms with Gasteiger partial charge in [0.2, 0.25) is 0 Å². The van der Waals surface area contributed by atoms with Crippen LogP contribution in [0.25, 0.3) is 0 Å². The van der Waals surface area contributed by atoms with Crippen molar-refractivity contribution in [3.63, 3.8) is 0 Å². The van der Waals surface area contributed by atoms with E-state index in [4.69, 9.17) is 15.2 Å². The summed E-state index contributed by atoms with van der Waals surface area (Å²) in [5.74, 6) is 1.61. The SMILES string of the molecule is CCn1c(CN)nnc1COCCOC. The maximum atomic E-state index is 5.53. The first-order valence-corrected chi connectivity index (χ1v) is 5.01. The third-order valence-corrected chi connectivity index (χ3v) is 2.07. The molecule has 1 aromatic rings. The highest BCUT2D eigenvalue weighted by atomic mass is 16.5. The van der Waals surface area contributed by atoms with Crippen LogP contribution in [0.4, 0.5) is 0 Å². The Bertz CT molecular complexity index is 288. The fourth-order valence-corrected chi connectivity index (χ4v) is 1.30. The first kappa shape index (κ1) is 12.1. The molecule has 0 aromatic carbocycles. The van der Waals surface area contributed by atoms with E-state index in [1.54, 1.807) is 7.11 Å². The first-order valence-electron chi connectivity index (χ1n) is 5.01. The maximum absolute atomic E-state index is 5.53. The Morgan fingerprint density at radius 1 is 1.27 bits per heavy atom. The molecule has 6 nitrogen and oxygen atoms in total. The number of nitrogens with two attached hydrogens (primary N) is 1. The molecule has 2 N–H and O–H groups in total. The Morgan fingerprint density at radius 3 is 2.60 bits per heavy atom. The standard InChI is InChI=1S/C9H18N4O2/c1-3-13-8(6-10)11-12-9(13)7-15-5-4-14-2/h3-7,10H2,1-2H3. The monoisotopic (exact) mass is 214 g/mol. The fourth-order valence-electron chi connectivity index (χ4n) is 1.30. The zero-order valence-corrected chi connectivity index (χ0v) is 9.27. The smallest absolute Gasteiger partial charge is 0.159 e. The largest absolute Gasteiger partial charge is 0.382 e. The van der Waals surface area contributed by atoms with E-state index in [0.29, 0.717) is 26.4 Å². The summed E-state index contributed by atoms with van der Waals surface area (Å²) in [6.07, 6.45) is 0. The van der Waals surface area contributed by atoms with Gasteiger partial charge < -0.3 is 19.8 Å². The van der Waals surface area contributed by atoms with Gasteiger partial charge in [-0.15, -0.1) is 10.2 Å². The predicted molar refractivity (Wildman–Crippen MR) is 55.1 cm³/mol. The summed E-state index contributed by atoms with van der Waals surface area (Å²) in [6, 6.07) is 0. The molecule has 0 aliphatic rings. The van der Waals surface area contributed by atoms with E-state index in [-0.39, 0.29) is 0 Å². The number of methoxy groups -OCH3 is 1. The van der Waals surface area contributed by atoms with Crippen molar-refractivity contribution in [2.24, 2.45) is 5.73 Å². The number of rotatable bonds is 7. The number of ether oxygens (including phenoxy) is 2. The molecule has 1 rings (SSSR count). The molecule has 86 valence electrons. The van der Waals surface area contributed by atoms with Crippen molar-refractivity contribution in [2.75, 3.05) is 20.3 Å². The second kappa shape index (κ2) is 6.49. The number of hydrogen-bond donors (Lipinski definition) is 1. The highest BCUT2D eigenvalue weighted by molar-refractivity contribution is 4.94. The van der Waals surface area contributed by atoms with Gasteiger partial charge in [0.15, 0.2) is 5.82 Å². The van der Waals surface area contributed by atoms with Gasteiger partial charge in [0.25, 0.3) is 0 Å². The lowest BCUT2D eigenvalue weighted by atomic mass is 10.5. The van der Waals surface area contributed by atoms with E-state index < -0.39 is 0 Å². The Morgan fingerprint density at radius 2 is 2.00 bits per heavy atom. The van der Waals surface area contributed by atoms with Crippen LogP contribution in [-0.4, -0.2) is 35.1 Å². The predicted octanol–water partition coefficient (Wildman–Crippen LogP) is -0.0803. The van der Waals surface area contributed by atoms with Crippen LogP contribution in [0.3, 0.4) is 0 Å². The highest BCUT2D eigenvalue weighted by Crippen LogP contribution is 2.02. The van der Waals surface area contributed by atoms with Crippen molar-refractivity contribution in [2.45, 2.75) is 26.6 Å². The summed E-state index contributed by atoms with van der Waals surface area (Å²) in [6.45, 7) is 4.84. The van der Waals surface area contributed by atoms with Crippen LogP contribution < -0.4 is 5.73 Å². The molecule has 1 heterocycles. The van der Waals surface area contributed by atoms with Crippen molar-refractivity contribution in [3.05, 3.63) is 11.6 Å². The zero-order valence-electron chi connectivity index (χ0n) is 9.27. The molecule has 0 saturated heterocycles. The van der Waals surface area contributed by atoms with E-state index in [2.05, 4.69) is 10.2 Å². The van der Waals surface area contributed by atoms with Crippen molar-refractivity contribution in [1.29, 1.82) is 0 Å². The van der Waals surface area contributed by atoms with E-state index in [1.807, 2.05) is 11.5 Å². The molecule has 0 unspecified atom stereocenters. The van der Waals surface area contributed by atoms with Crippen LogP contribution in [0.15, 0.2) is 0 Å². The molecule has 0 aliphatic heterocycles. The van der Waals surface area contributed by atoms with Gasteiger partial charge >= 0.3 is 0 Å². The lowest BCUT2D eigenvalue weighted by molar-refractivity contribution is 0.0572. The van der Waals surface area contributed by atoms with Gasteiger partial charge in [0.05, 0.1) is 19.8 Å². The van der Waals surface area contributed by atoms with Crippen LogP contribution in [0, 0.1) is 0 Å². The molecule has 0 amide bonds. The summed E-state index contributed by atoms with van der Waals surface area (Å²) in [5, 5.41) is 8.00. The van der Waals surface area contributed by atoms with Gasteiger partial charge in [-0.2, -0.15) is 0 Å². The van der Waals surface area contributed by atoms with Crippen LogP contribution in [-0.2, 0) is 29.2 Å². The van der Waals surface area contributed by atoms with E-state index in [0.717, 1.165) is 18.2 Å². The molecule has 15 heavy (non-hydrogen) atoms. The van der Waals surface area contributed by atoms with E-state index >= 15 is 0 Å². The second-order valence-electron chi connectivity index (χ2n) is 3.03. The van der Waals surface area contributed by atoms with Gasteiger partial charge in [-0.05, 0) is 6.92 Å². The Labute approximate surface area is 89.4 Å². The minimum absolute atomic E-state index is 0.402. The molecule has 0 atom stereocenters. The summed E-state index contributed by atoms with van der Waals surface area (Å²) >= 11 is 0. The third-order valence-electron chi connectivity index (χ3n) is 2.07. The topological polar surface area (TPSA) is 75.2 Å². The van der Waals surface area contributed by atoms with Gasteiger partial charge in [-0.1, -0.05) is 0 Å². The average Bonchev–Trinajstić information content (AvgIpc) is 2.66. The number of hydrogen-bond acceptors (Lipinski definition) is 5. The third kappa shape index (κ3) is 3.26. The van der Waals surface area contributed by atoms with Crippen LogP contribution >= 0.6 is 0 Å². The van der Waals surface area contributed by atoms with Crippen molar-refractivity contribution >= 4 is 0 Å². The zero-order chi connectivity index (χ0) is 11.1. The van der Waals surface area contributed by atoms with Gasteiger partial charge in [-0.3, -0.25) is 0 Å². The lowest BCUT2D eigenvalue weighted by Crippen LogP contribution is -2.11. The first-order chi connectivity index (χ1) is 7.33. The van der Waals surface area contributed by atoms with Crippen molar-refractivity contribution < 1.29 is 9.47 Å². The maximum Gasteiger partial charge on any atom is 0.159 e. The summed E-state index contributed by atoms with van der Waals surface area (Å²) < 4.78 is 12.2. The molecule has 6 heteroatoms. The summed E-state index contributed by atoms with van der Waals surface area (Å²) in [4.78, 5) is 0. The van der Waals surface area contributed by atoms with Crippen molar-refractivity contribution in [3.8, 4) is 0 Å². The Balaban J connectivity index is 2.49. The Kier molecular flexibility index (Phi) is 5.23. The molecule has 0 spiro atoms. The van der Waals surface area contributed by atoms with Crippen LogP contribution in [0.2, 0.25) is 0 Å². The lowest BCUT2D eigenvalue weighted by Gasteiger charge is -2.06. The molecule has 0 aliphatic carbocycles. The summed E-state index contributed by atoms with van der Waals surface area (Å²) in [7, 11) is 1.64. The summed E-state index contributed by atoms with van der Waals surface area (Å²) in [5.41, 5.74) is 5.53. The van der Waals surface area contributed by atoms with E-state index in [9.17, 15) is 0 Å². The van der Waals surface area contributed by atoms with Gasteiger partial charge in [0, 0.05) is 13.7 Å². The van der Waals surface area contributed by atoms with Gasteiger partial charge in [0.1, 0.15) is 12.4 Å². The molecule has 0 bridgehead atoms. The highest BCUT2D eigenvalue weighted by Gasteiger charge is 2.08. The van der Waals surface area contributed by atoms with Crippen LogP contribution in [0.1, 0.15) is 18.6 Å². The average molecular weight is 214 g/mol. The molecule has 0 fully saturated rings. The van der Waals surface area contributed by atoms with Crippen molar-refractivity contribution in [1.82, 2.24) is 14.8 Å². The minimum Gasteiger partial charge on any atom is -0.382 e. The number of aromatic nitrogens is 3. The molecular weight excluding hydrogens is 196 g/mol. The Hall–Kier alpha value is -0.980. The van der Waals surface area contributed by atoms with Gasteiger partial charge in [-0.25, -0.2) is 0 Å².